The van der Waals surface area contributed by atoms with Crippen LogP contribution in [0.25, 0.3) is 0 Å². The predicted molar refractivity (Wildman–Crippen MR) is 65.5 cm³/mol. The van der Waals surface area contributed by atoms with Gasteiger partial charge in [-0.2, -0.15) is 0 Å². The minimum absolute atomic E-state index is 0.118. The summed E-state index contributed by atoms with van der Waals surface area (Å²) in [5, 5.41) is 8.99. The Bertz CT molecular complexity index is 449. The predicted octanol–water partition coefficient (Wildman–Crippen LogP) is 2.98. The zero-order chi connectivity index (χ0) is 12.6. The fourth-order valence-corrected chi connectivity index (χ4v) is 2.09. The fraction of sp³-hybridized carbons (Fsp3) is 0.500. The van der Waals surface area contributed by atoms with Crippen molar-refractivity contribution in [1.29, 1.82) is 0 Å². The molecule has 1 aromatic carbocycles. The molecule has 1 aromatic rings. The Morgan fingerprint density at radius 2 is 2.18 bits per heavy atom. The summed E-state index contributed by atoms with van der Waals surface area (Å²) in [6.07, 6.45) is 1.91. The average molecular weight is 234 g/mol. The number of fused-ring (bicyclic) bond motifs is 1. The molecule has 1 N–H and O–H groups in total. The summed E-state index contributed by atoms with van der Waals surface area (Å²) in [5.41, 5.74) is 1.85. The number of carbonyl (C=O) groups is 1. The first-order chi connectivity index (χ1) is 7.89. The summed E-state index contributed by atoms with van der Waals surface area (Å²) in [4.78, 5) is 10.9. The minimum atomic E-state index is -0.790. The second kappa shape index (κ2) is 4.06. The number of rotatable bonds is 2. The van der Waals surface area contributed by atoms with E-state index in [0.29, 0.717) is 0 Å². The van der Waals surface area contributed by atoms with E-state index in [2.05, 4.69) is 13.8 Å². The van der Waals surface area contributed by atoms with Gasteiger partial charge in [-0.25, -0.2) is 0 Å². The lowest BCUT2D eigenvalue weighted by Gasteiger charge is -2.32. The van der Waals surface area contributed by atoms with Gasteiger partial charge >= 0.3 is 5.97 Å². The highest BCUT2D eigenvalue weighted by Gasteiger charge is 2.27. The monoisotopic (exact) mass is 234 g/mol. The Kier molecular flexibility index (Phi) is 2.86. The van der Waals surface area contributed by atoms with Gasteiger partial charge in [0, 0.05) is 0 Å². The topological polar surface area (TPSA) is 46.5 Å². The molecule has 17 heavy (non-hydrogen) atoms. The lowest BCUT2D eigenvalue weighted by atomic mass is 9.91. The van der Waals surface area contributed by atoms with Crippen LogP contribution in [-0.2, 0) is 11.2 Å². The first kappa shape index (κ1) is 12.0. The standard InChI is InChI=1S/C14H18O3/c1-9(13(15)16)10-4-5-12-11(8-10)6-7-14(2,3)17-12/h4-5,8-9H,6-7H2,1-3H3,(H,15,16)/t9-/m0/s1. The van der Waals surface area contributed by atoms with Crippen molar-refractivity contribution in [3.8, 4) is 5.75 Å². The Balaban J connectivity index is 2.30. The number of aryl methyl sites for hydroxylation is 1. The number of benzene rings is 1. The highest BCUT2D eigenvalue weighted by molar-refractivity contribution is 5.75. The van der Waals surface area contributed by atoms with Gasteiger partial charge in [-0.15, -0.1) is 0 Å². The van der Waals surface area contributed by atoms with E-state index >= 15 is 0 Å². The van der Waals surface area contributed by atoms with Crippen LogP contribution in [0.3, 0.4) is 0 Å². The van der Waals surface area contributed by atoms with E-state index in [9.17, 15) is 4.79 Å². The highest BCUT2D eigenvalue weighted by Crippen LogP contribution is 2.34. The van der Waals surface area contributed by atoms with Crippen LogP contribution in [0.2, 0.25) is 0 Å². The smallest absolute Gasteiger partial charge is 0.310 e. The molecule has 0 fully saturated rings. The lowest BCUT2D eigenvalue weighted by molar-refractivity contribution is -0.138. The van der Waals surface area contributed by atoms with Crippen LogP contribution in [0, 0.1) is 0 Å². The number of hydrogen-bond acceptors (Lipinski definition) is 2. The second-order valence-corrected chi connectivity index (χ2v) is 5.29. The van der Waals surface area contributed by atoms with Crippen molar-refractivity contribution < 1.29 is 14.6 Å². The van der Waals surface area contributed by atoms with Crippen molar-refractivity contribution in [2.45, 2.75) is 45.1 Å². The number of ether oxygens (including phenoxy) is 1. The van der Waals surface area contributed by atoms with Gasteiger partial charge in [-0.3, -0.25) is 4.79 Å². The van der Waals surface area contributed by atoms with Crippen molar-refractivity contribution in [3.63, 3.8) is 0 Å². The molecule has 0 radical (unpaired) electrons. The van der Waals surface area contributed by atoms with Crippen LogP contribution in [0.1, 0.15) is 44.2 Å². The van der Waals surface area contributed by atoms with Gasteiger partial charge in [-0.05, 0) is 50.8 Å². The maximum atomic E-state index is 10.9. The van der Waals surface area contributed by atoms with Crippen LogP contribution in [0.4, 0.5) is 0 Å². The van der Waals surface area contributed by atoms with Crippen LogP contribution in [0.15, 0.2) is 18.2 Å². The molecule has 1 aliphatic rings. The largest absolute Gasteiger partial charge is 0.488 e. The molecule has 2 rings (SSSR count). The quantitative estimate of drug-likeness (QED) is 0.855. The molecule has 1 aliphatic heterocycles. The average Bonchev–Trinajstić information content (AvgIpc) is 2.26. The van der Waals surface area contributed by atoms with Crippen LogP contribution in [-0.4, -0.2) is 16.7 Å². The molecule has 3 heteroatoms. The third kappa shape index (κ3) is 2.43. The molecule has 0 amide bonds. The van der Waals surface area contributed by atoms with Gasteiger partial charge in [0.25, 0.3) is 0 Å². The molecule has 0 aromatic heterocycles. The molecular weight excluding hydrogens is 216 g/mol. The molecule has 0 saturated heterocycles. The van der Waals surface area contributed by atoms with Crippen molar-refractivity contribution >= 4 is 5.97 Å². The van der Waals surface area contributed by atoms with Crippen molar-refractivity contribution in [1.82, 2.24) is 0 Å². The lowest BCUT2D eigenvalue weighted by Crippen LogP contribution is -2.32. The number of carboxylic acid groups (broad SMARTS) is 1. The zero-order valence-electron chi connectivity index (χ0n) is 10.5. The molecule has 1 heterocycles. The molecule has 92 valence electrons. The Morgan fingerprint density at radius 1 is 1.47 bits per heavy atom. The summed E-state index contributed by atoms with van der Waals surface area (Å²) >= 11 is 0. The van der Waals surface area contributed by atoms with Gasteiger partial charge < -0.3 is 9.84 Å². The van der Waals surface area contributed by atoms with E-state index < -0.39 is 11.9 Å². The Morgan fingerprint density at radius 3 is 2.82 bits per heavy atom. The molecular formula is C14H18O3. The van der Waals surface area contributed by atoms with E-state index in [-0.39, 0.29) is 5.60 Å². The summed E-state index contributed by atoms with van der Waals surface area (Å²) in [6.45, 7) is 5.85. The Hall–Kier alpha value is -1.51. The zero-order valence-corrected chi connectivity index (χ0v) is 10.5. The van der Waals surface area contributed by atoms with E-state index in [0.717, 1.165) is 29.7 Å². The van der Waals surface area contributed by atoms with Gasteiger partial charge in [0.15, 0.2) is 0 Å². The van der Waals surface area contributed by atoms with Crippen LogP contribution in [0.5, 0.6) is 5.75 Å². The fourth-order valence-electron chi connectivity index (χ4n) is 2.09. The molecule has 1 atom stereocenters. The summed E-state index contributed by atoms with van der Waals surface area (Å²) < 4.78 is 5.87. The minimum Gasteiger partial charge on any atom is -0.488 e. The molecule has 0 saturated carbocycles. The summed E-state index contributed by atoms with van der Waals surface area (Å²) in [6, 6.07) is 5.70. The molecule has 3 nitrogen and oxygen atoms in total. The molecule has 0 unspecified atom stereocenters. The molecule has 0 bridgehead atoms. The second-order valence-electron chi connectivity index (χ2n) is 5.29. The third-order valence-corrected chi connectivity index (χ3v) is 3.34. The van der Waals surface area contributed by atoms with Crippen molar-refractivity contribution in [2.24, 2.45) is 0 Å². The third-order valence-electron chi connectivity index (χ3n) is 3.34. The van der Waals surface area contributed by atoms with Crippen LogP contribution < -0.4 is 4.74 Å². The van der Waals surface area contributed by atoms with E-state index in [1.807, 2.05) is 18.2 Å². The maximum Gasteiger partial charge on any atom is 0.310 e. The molecule has 0 spiro atoms. The van der Waals surface area contributed by atoms with Gasteiger partial charge in [0.2, 0.25) is 0 Å². The normalized spacial score (nSPS) is 19.0. The number of carboxylic acids is 1. The van der Waals surface area contributed by atoms with Gasteiger partial charge in [0.1, 0.15) is 11.4 Å². The van der Waals surface area contributed by atoms with Gasteiger partial charge in [-0.1, -0.05) is 12.1 Å². The van der Waals surface area contributed by atoms with E-state index in [1.165, 1.54) is 0 Å². The number of hydrogen-bond donors (Lipinski definition) is 1. The maximum absolute atomic E-state index is 10.9. The van der Waals surface area contributed by atoms with E-state index in [1.54, 1.807) is 6.92 Å². The highest BCUT2D eigenvalue weighted by atomic mass is 16.5. The first-order valence-corrected chi connectivity index (χ1v) is 5.94. The van der Waals surface area contributed by atoms with Crippen molar-refractivity contribution in [3.05, 3.63) is 29.3 Å². The first-order valence-electron chi connectivity index (χ1n) is 5.94. The SMILES string of the molecule is C[C@H](C(=O)O)c1ccc2c(c1)CCC(C)(C)O2. The van der Waals surface area contributed by atoms with Crippen LogP contribution >= 0.6 is 0 Å². The number of aliphatic carboxylic acids is 1. The summed E-state index contributed by atoms with van der Waals surface area (Å²) in [5.74, 6) is -0.361. The van der Waals surface area contributed by atoms with Crippen molar-refractivity contribution in [2.75, 3.05) is 0 Å². The molecule has 0 aliphatic carbocycles. The van der Waals surface area contributed by atoms with Gasteiger partial charge in [0.05, 0.1) is 5.92 Å². The Labute approximate surface area is 101 Å². The summed E-state index contributed by atoms with van der Waals surface area (Å²) in [7, 11) is 0. The van der Waals surface area contributed by atoms with E-state index in [4.69, 9.17) is 9.84 Å².